The summed E-state index contributed by atoms with van der Waals surface area (Å²) >= 11 is 0. The molecule has 0 amide bonds. The molecule has 0 aromatic carbocycles. The molecule has 0 aliphatic heterocycles. The molecule has 0 aromatic heterocycles. The summed E-state index contributed by atoms with van der Waals surface area (Å²) in [7, 11) is -2.81. The van der Waals surface area contributed by atoms with Crippen molar-refractivity contribution in [1.82, 2.24) is 0 Å². The van der Waals surface area contributed by atoms with Crippen molar-refractivity contribution in [3.63, 3.8) is 0 Å². The number of unbranched alkanes of at least 4 members (excludes halogenated alkanes) is 7. The highest BCUT2D eigenvalue weighted by atomic mass is 32.2. The van der Waals surface area contributed by atoms with Gasteiger partial charge in [-0.1, -0.05) is 71.6 Å². The van der Waals surface area contributed by atoms with Crippen LogP contribution in [0, 0.1) is 0 Å². The molecule has 1 unspecified atom stereocenters. The van der Waals surface area contributed by atoms with Gasteiger partial charge in [-0.25, -0.2) is 8.42 Å². The average Bonchev–Trinajstić information content (AvgIpc) is 3.25. The van der Waals surface area contributed by atoms with Gasteiger partial charge >= 0.3 is 0 Å². The van der Waals surface area contributed by atoms with Crippen molar-refractivity contribution < 1.29 is 8.42 Å². The van der Waals surface area contributed by atoms with Crippen LogP contribution in [0.4, 0.5) is 0 Å². The van der Waals surface area contributed by atoms with Gasteiger partial charge in [0.2, 0.25) is 0 Å². The van der Waals surface area contributed by atoms with E-state index in [1.54, 1.807) is 0 Å². The van der Waals surface area contributed by atoms with E-state index in [0.29, 0.717) is 0 Å². The maximum Gasteiger partial charge on any atom is 0.156 e. The number of hydrogen-bond donors (Lipinski definition) is 0. The van der Waals surface area contributed by atoms with Crippen LogP contribution in [0.5, 0.6) is 0 Å². The van der Waals surface area contributed by atoms with Gasteiger partial charge in [0.05, 0.1) is 10.5 Å². The number of sulfone groups is 1. The van der Waals surface area contributed by atoms with Gasteiger partial charge in [-0.05, 0) is 25.7 Å². The van der Waals surface area contributed by atoms with Crippen molar-refractivity contribution in [2.24, 2.45) is 0 Å². The Balaban J connectivity index is 2.34. The highest BCUT2D eigenvalue weighted by Gasteiger charge is 2.40. The molecule has 0 saturated heterocycles. The Hall–Kier alpha value is -0.0500. The molecule has 0 radical (unpaired) electrons. The minimum absolute atomic E-state index is 0.0225. The zero-order valence-electron chi connectivity index (χ0n) is 13.6. The molecule has 120 valence electrons. The lowest BCUT2D eigenvalue weighted by Gasteiger charge is -2.17. The van der Waals surface area contributed by atoms with Crippen molar-refractivity contribution >= 4 is 9.84 Å². The van der Waals surface area contributed by atoms with Crippen LogP contribution in [-0.2, 0) is 9.84 Å². The molecule has 1 saturated carbocycles. The molecule has 1 aliphatic rings. The van der Waals surface area contributed by atoms with E-state index in [2.05, 4.69) is 13.8 Å². The van der Waals surface area contributed by atoms with Gasteiger partial charge in [-0.2, -0.15) is 0 Å². The summed E-state index contributed by atoms with van der Waals surface area (Å²) < 4.78 is 25.0. The van der Waals surface area contributed by atoms with Crippen molar-refractivity contribution in [2.45, 2.75) is 108 Å². The molecule has 0 spiro atoms. The first-order chi connectivity index (χ1) is 9.62. The van der Waals surface area contributed by atoms with Gasteiger partial charge < -0.3 is 0 Å². The topological polar surface area (TPSA) is 34.1 Å². The lowest BCUT2D eigenvalue weighted by atomic mass is 10.0. The third-order valence-corrected chi connectivity index (χ3v) is 7.26. The molecule has 3 heteroatoms. The lowest BCUT2D eigenvalue weighted by Crippen LogP contribution is -2.25. The smallest absolute Gasteiger partial charge is 0.156 e. The fraction of sp³-hybridized carbons (Fsp3) is 1.00. The summed E-state index contributed by atoms with van der Waals surface area (Å²) in [5.41, 5.74) is 0. The highest BCUT2D eigenvalue weighted by Crippen LogP contribution is 2.34. The third kappa shape index (κ3) is 6.60. The molecule has 1 rings (SSSR count). The summed E-state index contributed by atoms with van der Waals surface area (Å²) in [6.45, 7) is 4.42. The normalized spacial score (nSPS) is 17.3. The van der Waals surface area contributed by atoms with Crippen LogP contribution in [0.15, 0.2) is 0 Å². The van der Waals surface area contributed by atoms with Crippen LogP contribution in [0.2, 0.25) is 0 Å². The van der Waals surface area contributed by atoms with Crippen molar-refractivity contribution in [3.05, 3.63) is 0 Å². The zero-order valence-corrected chi connectivity index (χ0v) is 14.4. The van der Waals surface area contributed by atoms with E-state index in [-0.39, 0.29) is 10.5 Å². The zero-order chi connectivity index (χ0) is 14.8. The van der Waals surface area contributed by atoms with Crippen LogP contribution < -0.4 is 0 Å². The number of hydrogen-bond acceptors (Lipinski definition) is 2. The van der Waals surface area contributed by atoms with Gasteiger partial charge in [0.25, 0.3) is 0 Å². The van der Waals surface area contributed by atoms with E-state index in [0.717, 1.165) is 38.5 Å². The lowest BCUT2D eigenvalue weighted by molar-refractivity contribution is 0.518. The molecule has 20 heavy (non-hydrogen) atoms. The molecule has 0 bridgehead atoms. The van der Waals surface area contributed by atoms with E-state index in [9.17, 15) is 8.42 Å². The Morgan fingerprint density at radius 3 is 1.70 bits per heavy atom. The van der Waals surface area contributed by atoms with Gasteiger partial charge in [0.1, 0.15) is 0 Å². The Bertz CT molecular complexity index is 331. The fourth-order valence-electron chi connectivity index (χ4n) is 2.92. The maximum absolute atomic E-state index is 12.5. The average molecular weight is 303 g/mol. The minimum Gasteiger partial charge on any atom is -0.228 e. The van der Waals surface area contributed by atoms with Crippen LogP contribution >= 0.6 is 0 Å². The summed E-state index contributed by atoms with van der Waals surface area (Å²) in [5.74, 6) is 0. The first kappa shape index (κ1) is 18.0. The van der Waals surface area contributed by atoms with E-state index in [1.165, 1.54) is 44.9 Å². The van der Waals surface area contributed by atoms with Crippen LogP contribution in [0.3, 0.4) is 0 Å². The van der Waals surface area contributed by atoms with E-state index >= 15 is 0 Å². The Labute approximate surface area is 126 Å². The van der Waals surface area contributed by atoms with Crippen molar-refractivity contribution in [1.29, 1.82) is 0 Å². The quantitative estimate of drug-likeness (QED) is 0.435. The van der Waals surface area contributed by atoms with E-state index in [1.807, 2.05) is 0 Å². The minimum atomic E-state index is -2.81. The highest BCUT2D eigenvalue weighted by molar-refractivity contribution is 7.92. The van der Waals surface area contributed by atoms with Gasteiger partial charge in [0.15, 0.2) is 9.84 Å². The predicted octanol–water partition coefficient (Wildman–Crippen LogP) is 5.26. The number of rotatable bonds is 13. The Kier molecular flexibility index (Phi) is 8.83. The van der Waals surface area contributed by atoms with Gasteiger partial charge in [0, 0.05) is 0 Å². The summed E-state index contributed by atoms with van der Waals surface area (Å²) in [4.78, 5) is 0. The second-order valence-corrected chi connectivity index (χ2v) is 8.97. The van der Waals surface area contributed by atoms with Gasteiger partial charge in [-0.15, -0.1) is 0 Å². The Morgan fingerprint density at radius 2 is 1.25 bits per heavy atom. The van der Waals surface area contributed by atoms with Crippen LogP contribution in [0.1, 0.15) is 97.3 Å². The molecule has 1 aliphatic carbocycles. The summed E-state index contributed by atoms with van der Waals surface area (Å²) in [5, 5.41) is -0.0113. The van der Waals surface area contributed by atoms with Crippen molar-refractivity contribution in [2.75, 3.05) is 0 Å². The van der Waals surface area contributed by atoms with Gasteiger partial charge in [-0.3, -0.25) is 0 Å². The molecule has 0 aromatic rings. The van der Waals surface area contributed by atoms with Crippen LogP contribution in [-0.4, -0.2) is 18.9 Å². The molecule has 2 nitrogen and oxygen atoms in total. The molecule has 0 N–H and O–H groups in total. The SMILES string of the molecule is CCCCCCCC(CCCCCC)S(=O)(=O)C1CC1. The predicted molar refractivity (Wildman–Crippen MR) is 87.9 cm³/mol. The molecular formula is C17H34O2S. The first-order valence-electron chi connectivity index (χ1n) is 8.85. The molecule has 1 atom stereocenters. The van der Waals surface area contributed by atoms with E-state index < -0.39 is 9.84 Å². The Morgan fingerprint density at radius 1 is 0.800 bits per heavy atom. The largest absolute Gasteiger partial charge is 0.228 e. The molecular weight excluding hydrogens is 268 g/mol. The monoisotopic (exact) mass is 302 g/mol. The summed E-state index contributed by atoms with van der Waals surface area (Å²) in [6, 6.07) is 0. The first-order valence-corrected chi connectivity index (χ1v) is 10.5. The standard InChI is InChI=1S/C17H34O2S/c1-3-5-7-9-11-13-16(12-10-8-6-4-2)20(18,19)17-14-15-17/h16-17H,3-15H2,1-2H3. The van der Waals surface area contributed by atoms with E-state index in [4.69, 9.17) is 0 Å². The second-order valence-electron chi connectivity index (χ2n) is 6.46. The third-order valence-electron chi connectivity index (χ3n) is 4.46. The fourth-order valence-corrected chi connectivity index (χ4v) is 5.24. The van der Waals surface area contributed by atoms with Crippen molar-refractivity contribution in [3.8, 4) is 0 Å². The maximum atomic E-state index is 12.5. The second kappa shape index (κ2) is 9.81. The molecule has 0 heterocycles. The van der Waals surface area contributed by atoms with Crippen LogP contribution in [0.25, 0.3) is 0 Å². The summed E-state index contributed by atoms with van der Waals surface area (Å²) in [6.07, 6.45) is 14.5. The molecule has 1 fully saturated rings.